The average molecular weight is 263 g/mol. The third kappa shape index (κ3) is 1.87. The van der Waals surface area contributed by atoms with E-state index in [0.29, 0.717) is 11.1 Å². The lowest BCUT2D eigenvalue weighted by Gasteiger charge is -2.20. The van der Waals surface area contributed by atoms with Crippen molar-refractivity contribution in [3.8, 4) is 17.8 Å². The summed E-state index contributed by atoms with van der Waals surface area (Å²) in [4.78, 5) is 0. The second-order valence-corrected chi connectivity index (χ2v) is 4.95. The van der Waals surface area contributed by atoms with Gasteiger partial charge in [-0.25, -0.2) is 0 Å². The molecule has 0 bridgehead atoms. The van der Waals surface area contributed by atoms with Crippen molar-refractivity contribution in [3.05, 3.63) is 52.8 Å². The van der Waals surface area contributed by atoms with E-state index in [9.17, 15) is 5.11 Å². The van der Waals surface area contributed by atoms with Crippen molar-refractivity contribution in [2.75, 3.05) is 0 Å². The first-order valence-electron chi connectivity index (χ1n) is 6.57. The highest BCUT2D eigenvalue weighted by atomic mass is 16.3. The minimum atomic E-state index is -0.395. The molecule has 1 atom stereocenters. The first kappa shape index (κ1) is 12.5. The maximum absolute atomic E-state index is 10.00. The topological polar surface area (TPSA) is 72.7 Å². The lowest BCUT2D eigenvalue weighted by atomic mass is 9.95. The predicted octanol–water partition coefficient (Wildman–Crippen LogP) is 2.59. The van der Waals surface area contributed by atoms with Gasteiger partial charge in [0.05, 0.1) is 17.2 Å². The van der Waals surface area contributed by atoms with Gasteiger partial charge >= 0.3 is 0 Å². The SMILES string of the molecule is N#Cc1ccc(-n2ccc3c2CCCC3O)cc1C#N. The molecule has 0 radical (unpaired) electrons. The fourth-order valence-corrected chi connectivity index (χ4v) is 2.78. The summed E-state index contributed by atoms with van der Waals surface area (Å²) in [6.45, 7) is 0. The van der Waals surface area contributed by atoms with E-state index in [-0.39, 0.29) is 0 Å². The molecule has 98 valence electrons. The molecule has 1 aliphatic rings. The summed E-state index contributed by atoms with van der Waals surface area (Å²) < 4.78 is 2.00. The molecule has 1 aromatic heterocycles. The largest absolute Gasteiger partial charge is 0.388 e. The van der Waals surface area contributed by atoms with Crippen LogP contribution in [0, 0.1) is 22.7 Å². The Kier molecular flexibility index (Phi) is 3.02. The Balaban J connectivity index is 2.11. The van der Waals surface area contributed by atoms with E-state index in [1.807, 2.05) is 29.0 Å². The molecular weight excluding hydrogens is 250 g/mol. The second kappa shape index (κ2) is 4.85. The van der Waals surface area contributed by atoms with Crippen molar-refractivity contribution in [1.82, 2.24) is 4.57 Å². The smallest absolute Gasteiger partial charge is 0.101 e. The van der Waals surface area contributed by atoms with Crippen LogP contribution in [0.4, 0.5) is 0 Å². The number of aliphatic hydroxyl groups excluding tert-OH is 1. The lowest BCUT2D eigenvalue weighted by molar-refractivity contribution is 0.156. The Labute approximate surface area is 117 Å². The predicted molar refractivity (Wildman–Crippen MR) is 73.1 cm³/mol. The van der Waals surface area contributed by atoms with Crippen LogP contribution in [-0.2, 0) is 6.42 Å². The molecule has 1 heterocycles. The number of rotatable bonds is 1. The van der Waals surface area contributed by atoms with Crippen LogP contribution in [-0.4, -0.2) is 9.67 Å². The third-order valence-corrected chi connectivity index (χ3v) is 3.80. The molecule has 4 nitrogen and oxygen atoms in total. The summed E-state index contributed by atoms with van der Waals surface area (Å²) in [6.07, 6.45) is 4.20. The van der Waals surface area contributed by atoms with Crippen LogP contribution >= 0.6 is 0 Å². The van der Waals surface area contributed by atoms with Gasteiger partial charge in [0.1, 0.15) is 12.1 Å². The normalized spacial score (nSPS) is 17.1. The average Bonchev–Trinajstić information content (AvgIpc) is 2.92. The Bertz CT molecular complexity index is 746. The van der Waals surface area contributed by atoms with E-state index in [2.05, 4.69) is 6.07 Å². The number of aromatic nitrogens is 1. The number of hydrogen-bond donors (Lipinski definition) is 1. The van der Waals surface area contributed by atoms with E-state index >= 15 is 0 Å². The fraction of sp³-hybridized carbons (Fsp3) is 0.250. The van der Waals surface area contributed by atoms with Crippen LogP contribution in [0.25, 0.3) is 5.69 Å². The quantitative estimate of drug-likeness (QED) is 0.859. The Morgan fingerprint density at radius 2 is 1.95 bits per heavy atom. The third-order valence-electron chi connectivity index (χ3n) is 3.80. The minimum absolute atomic E-state index is 0.379. The molecule has 1 unspecified atom stereocenters. The molecule has 20 heavy (non-hydrogen) atoms. The molecule has 0 aliphatic heterocycles. The number of nitrogens with zero attached hydrogens (tertiary/aromatic N) is 3. The summed E-state index contributed by atoms with van der Waals surface area (Å²) >= 11 is 0. The zero-order valence-corrected chi connectivity index (χ0v) is 10.9. The van der Waals surface area contributed by atoms with E-state index in [4.69, 9.17) is 10.5 Å². The van der Waals surface area contributed by atoms with Gasteiger partial charge in [-0.15, -0.1) is 0 Å². The van der Waals surface area contributed by atoms with Crippen LogP contribution in [0.5, 0.6) is 0 Å². The fourth-order valence-electron chi connectivity index (χ4n) is 2.78. The number of fused-ring (bicyclic) bond motifs is 1. The zero-order valence-electron chi connectivity index (χ0n) is 10.9. The van der Waals surface area contributed by atoms with Crippen molar-refractivity contribution < 1.29 is 5.11 Å². The van der Waals surface area contributed by atoms with E-state index in [1.165, 1.54) is 0 Å². The van der Waals surface area contributed by atoms with Gasteiger partial charge in [0, 0.05) is 23.1 Å². The maximum atomic E-state index is 10.00. The molecule has 0 spiro atoms. The van der Waals surface area contributed by atoms with Crippen LogP contribution in [0.2, 0.25) is 0 Å². The number of benzene rings is 1. The summed E-state index contributed by atoms with van der Waals surface area (Å²) in [7, 11) is 0. The van der Waals surface area contributed by atoms with E-state index < -0.39 is 6.10 Å². The van der Waals surface area contributed by atoms with Crippen LogP contribution in [0.1, 0.15) is 41.3 Å². The standard InChI is InChI=1S/C16H13N3O/c17-9-11-4-5-13(8-12(11)10-18)19-7-6-14-15(19)2-1-3-16(14)20/h4-8,16,20H,1-3H2. The molecule has 3 rings (SSSR count). The zero-order chi connectivity index (χ0) is 14.1. The van der Waals surface area contributed by atoms with Gasteiger partial charge < -0.3 is 9.67 Å². The van der Waals surface area contributed by atoms with Gasteiger partial charge in [0.25, 0.3) is 0 Å². The Morgan fingerprint density at radius 3 is 2.70 bits per heavy atom. The summed E-state index contributed by atoms with van der Waals surface area (Å²) in [5.41, 5.74) is 3.69. The highest BCUT2D eigenvalue weighted by Gasteiger charge is 2.21. The molecule has 1 N–H and O–H groups in total. The Morgan fingerprint density at radius 1 is 1.15 bits per heavy atom. The highest BCUT2D eigenvalue weighted by Crippen LogP contribution is 2.32. The van der Waals surface area contributed by atoms with Crippen LogP contribution in [0.15, 0.2) is 30.5 Å². The van der Waals surface area contributed by atoms with Gasteiger partial charge in [-0.05, 0) is 43.5 Å². The molecule has 1 aliphatic carbocycles. The monoisotopic (exact) mass is 263 g/mol. The van der Waals surface area contributed by atoms with Crippen LogP contribution < -0.4 is 0 Å². The van der Waals surface area contributed by atoms with Gasteiger partial charge in [-0.3, -0.25) is 0 Å². The van der Waals surface area contributed by atoms with Crippen LogP contribution in [0.3, 0.4) is 0 Å². The molecule has 2 aromatic rings. The first-order chi connectivity index (χ1) is 9.74. The number of nitriles is 2. The maximum Gasteiger partial charge on any atom is 0.101 e. The summed E-state index contributed by atoms with van der Waals surface area (Å²) in [5.74, 6) is 0. The van der Waals surface area contributed by atoms with Gasteiger partial charge in [-0.1, -0.05) is 0 Å². The van der Waals surface area contributed by atoms with Crippen molar-refractivity contribution >= 4 is 0 Å². The molecule has 1 aromatic carbocycles. The highest BCUT2D eigenvalue weighted by molar-refractivity contribution is 5.52. The minimum Gasteiger partial charge on any atom is -0.388 e. The molecule has 0 amide bonds. The molecule has 0 saturated heterocycles. The summed E-state index contributed by atoms with van der Waals surface area (Å²) in [5, 5.41) is 28.1. The van der Waals surface area contributed by atoms with Crippen molar-refractivity contribution in [2.24, 2.45) is 0 Å². The second-order valence-electron chi connectivity index (χ2n) is 4.95. The van der Waals surface area contributed by atoms with Crippen molar-refractivity contribution in [1.29, 1.82) is 10.5 Å². The molecular formula is C16H13N3O. The molecule has 4 heteroatoms. The Hall–Kier alpha value is -2.56. The molecule has 0 fully saturated rings. The number of aliphatic hydroxyl groups is 1. The van der Waals surface area contributed by atoms with Gasteiger partial charge in [-0.2, -0.15) is 10.5 Å². The van der Waals surface area contributed by atoms with Crippen molar-refractivity contribution in [2.45, 2.75) is 25.4 Å². The van der Waals surface area contributed by atoms with E-state index in [1.54, 1.807) is 12.1 Å². The van der Waals surface area contributed by atoms with Crippen molar-refractivity contribution in [3.63, 3.8) is 0 Å². The number of hydrogen-bond acceptors (Lipinski definition) is 3. The van der Waals surface area contributed by atoms with Gasteiger partial charge in [0.2, 0.25) is 0 Å². The molecule has 0 saturated carbocycles. The first-order valence-corrected chi connectivity index (χ1v) is 6.57. The van der Waals surface area contributed by atoms with E-state index in [0.717, 1.165) is 36.2 Å². The van der Waals surface area contributed by atoms with Gasteiger partial charge in [0.15, 0.2) is 0 Å². The lowest BCUT2D eigenvalue weighted by Crippen LogP contribution is -2.11. The summed E-state index contributed by atoms with van der Waals surface area (Å²) in [6, 6.07) is 11.2.